The van der Waals surface area contributed by atoms with Gasteiger partial charge in [-0.3, -0.25) is 38.1 Å². The van der Waals surface area contributed by atoms with Crippen molar-refractivity contribution in [3.63, 3.8) is 0 Å². The lowest BCUT2D eigenvalue weighted by atomic mass is 9.99. The molecule has 0 aromatic heterocycles. The van der Waals surface area contributed by atoms with Crippen LogP contribution in [0.4, 0.5) is 54.7 Å². The molecule has 760 valence electrons. The molecule has 13 rings (SSSR count). The summed E-state index contributed by atoms with van der Waals surface area (Å²) in [6.07, 6.45) is 2.00. The molecule has 0 bridgehead atoms. The highest BCUT2D eigenvalue weighted by atomic mass is 35.5. The number of rotatable bonds is 28. The van der Waals surface area contributed by atoms with Crippen LogP contribution < -0.4 is 47.3 Å². The molecule has 0 heterocycles. The number of aryl methyl sites for hydroxylation is 8. The number of amides is 8. The lowest BCUT2D eigenvalue weighted by molar-refractivity contribution is -0.116. The maximum atomic E-state index is 14.6. The van der Waals surface area contributed by atoms with E-state index in [9.17, 15) is 97.2 Å². The Morgan fingerprint density at radius 1 is 0.345 bits per heavy atom. The van der Waals surface area contributed by atoms with Crippen molar-refractivity contribution < 1.29 is 102 Å². The summed E-state index contributed by atoms with van der Waals surface area (Å²) in [6, 6.07) is 64.7. The number of hydrogen-bond donors (Lipinski definition) is 13. The van der Waals surface area contributed by atoms with E-state index in [0.29, 0.717) is 33.9 Å². The van der Waals surface area contributed by atoms with Crippen molar-refractivity contribution in [2.45, 2.75) is 151 Å². The predicted octanol–water partition coefficient (Wildman–Crippen LogP) is 23.8. The van der Waals surface area contributed by atoms with Crippen LogP contribution in [0.25, 0.3) is 0 Å². The van der Waals surface area contributed by atoms with E-state index in [1.54, 1.807) is 164 Å². The third-order valence-corrected chi connectivity index (χ3v) is 33.0. The molecule has 13 N–H and O–H groups in total. The van der Waals surface area contributed by atoms with Crippen LogP contribution in [0, 0.1) is 61.2 Å². The van der Waals surface area contributed by atoms with E-state index in [-0.39, 0.29) is 115 Å². The molecular formula is C107H107Cl4FN8O21S4. The van der Waals surface area contributed by atoms with Crippen LogP contribution in [0.5, 0.6) is 34.5 Å². The topological polar surface area (TPSA) is 463 Å². The number of phenolic OH excluding ortho intramolecular Hbond substituents is 4. The zero-order valence-electron chi connectivity index (χ0n) is 81.0. The van der Waals surface area contributed by atoms with Crippen LogP contribution in [0.3, 0.4) is 0 Å². The van der Waals surface area contributed by atoms with Gasteiger partial charge in [-0.15, -0.1) is 0 Å². The number of sulfone groups is 3. The predicted molar refractivity (Wildman–Crippen MR) is 568 cm³/mol. The summed E-state index contributed by atoms with van der Waals surface area (Å²) in [4.78, 5) is 102. The Morgan fingerprint density at radius 2 is 0.738 bits per heavy atom. The molecule has 38 heteroatoms. The smallest absolute Gasteiger partial charge is 0.338 e. The van der Waals surface area contributed by atoms with Gasteiger partial charge in [-0.1, -0.05) is 197 Å². The average molecular weight is 2130 g/mol. The molecule has 0 aliphatic heterocycles. The summed E-state index contributed by atoms with van der Waals surface area (Å²) < 4.78 is 123. The van der Waals surface area contributed by atoms with Crippen molar-refractivity contribution in [3.05, 3.63) is 353 Å². The van der Waals surface area contributed by atoms with Gasteiger partial charge in [-0.05, 0) is 243 Å². The molecular weight excluding hydrogens is 2020 g/mol. The van der Waals surface area contributed by atoms with E-state index < -0.39 is 124 Å². The highest BCUT2D eigenvalue weighted by Gasteiger charge is 2.39. The van der Waals surface area contributed by atoms with Gasteiger partial charge < -0.3 is 67.7 Å². The van der Waals surface area contributed by atoms with E-state index in [1.165, 1.54) is 104 Å². The fourth-order valence-corrected chi connectivity index (χ4v) is 21.2. The minimum absolute atomic E-state index is 0.0143. The van der Waals surface area contributed by atoms with E-state index in [1.807, 2.05) is 45.0 Å². The quantitative estimate of drug-likeness (QED) is 0.0203. The zero-order valence-corrected chi connectivity index (χ0v) is 87.3. The average Bonchev–Trinajstić information content (AvgIpc) is 0.748. The van der Waals surface area contributed by atoms with Crippen LogP contribution in [-0.2, 0) is 53.2 Å². The van der Waals surface area contributed by atoms with Gasteiger partial charge in [-0.25, -0.2) is 34.4 Å². The van der Waals surface area contributed by atoms with Gasteiger partial charge in [0.1, 0.15) is 50.3 Å². The highest BCUT2D eigenvalue weighted by Crippen LogP contribution is 2.44. The first-order valence-corrected chi connectivity index (χ1v) is 53.3. The number of halogens is 5. The second kappa shape index (κ2) is 47.9. The molecule has 13 aromatic carbocycles. The van der Waals surface area contributed by atoms with Crippen LogP contribution in [0.1, 0.15) is 151 Å². The summed E-state index contributed by atoms with van der Waals surface area (Å²) in [5.41, 5.74) is 8.52. The number of nitrogens with one attached hydrogen (secondary N) is 8. The second-order valence-corrected chi connectivity index (χ2v) is 46.0. The van der Waals surface area contributed by atoms with Crippen molar-refractivity contribution in [3.8, 4) is 34.5 Å². The Balaban J connectivity index is 0.000000199. The minimum atomic E-state index is -5.04. The Morgan fingerprint density at radius 3 is 1.19 bits per heavy atom. The number of benzene rings is 13. The fraction of sp³-hybridized carbons (Fsp3) is 0.196. The van der Waals surface area contributed by atoms with Crippen LogP contribution in [0.15, 0.2) is 274 Å². The van der Waals surface area contributed by atoms with E-state index in [2.05, 4.69) is 56.4 Å². The Hall–Kier alpha value is -14.3. The minimum Gasteiger partial charge on any atom is -0.506 e. The second-order valence-electron chi connectivity index (χ2n) is 34.4. The Kier molecular flexibility index (Phi) is 37.2. The maximum absolute atomic E-state index is 14.6. The van der Waals surface area contributed by atoms with E-state index in [0.717, 1.165) is 75.4 Å². The van der Waals surface area contributed by atoms with Crippen molar-refractivity contribution in [2.24, 2.45) is 0 Å². The summed E-state index contributed by atoms with van der Waals surface area (Å²) in [7, 11) is -17.0. The van der Waals surface area contributed by atoms with Crippen LogP contribution in [0.2, 0.25) is 20.1 Å². The molecule has 0 saturated heterocycles. The molecule has 8 amide bonds. The van der Waals surface area contributed by atoms with Gasteiger partial charge in [0.25, 0.3) is 23.6 Å². The van der Waals surface area contributed by atoms with Gasteiger partial charge in [0.2, 0.25) is 17.7 Å². The van der Waals surface area contributed by atoms with Crippen molar-refractivity contribution in [2.75, 3.05) is 48.8 Å². The SMILES string of the molecule is CCC(C(=O)Nc1cc(O)c(NC(=O)c2ccc(C)cc2)cc1Cl)S(=O)(=O)c1cc(C)cc(C)c1.CCC(C(=O)Nc1cc(O)c(NC(=O)c2ccc(Cl)c(Cl)c2)cc1Cl)S(=O)(=O)c1cccc(C)c1.CCC(C)c1ccc(Oc2cc(NC(=O)c3ccc(C)cc3)c(O)cc2NC(=O)S(C)(=O)(O)c2cccc(C)c2)cc1.Cc1ccc(S(=O)(=O)C(C)C(=O)Nc2cc(O)c(NC(=O)c3cccc(C)c3)cc2F)cc1. The summed E-state index contributed by atoms with van der Waals surface area (Å²) >= 11 is 24.3. The number of aromatic hydroxyl groups is 4. The highest BCUT2D eigenvalue weighted by molar-refractivity contribution is 8.27. The molecule has 0 fully saturated rings. The standard InChI is InChI=1S/C33H36N2O6S.C26H27ClN2O5S.C24H21Cl3N2O5S.C24H23FN2O5S/c1-6-23(4)24-14-16-26(17-15-24)41-31-20-28(34-32(37)25-12-10-21(2)11-13-25)30(36)19-29(31)35-33(38)42(5,39,40)27-9-7-8-22(3)18-27;1-5-24(35(33,34)19-11-16(3)10-17(4)12-19)26(32)28-21-14-23(30)22(13-20(21)27)29-25(31)18-8-6-15(2)7-9-18;1-3-22(35(33,34)15-6-4-5-13(2)9-15)24(32)28-19-12-21(30)20(11-18(19)27)29-23(31)14-7-8-16(25)17(26)10-14;1-14-7-9-18(10-8-14)33(31,32)16(3)23(29)26-20-13-22(28)21(12-19(20)25)27-24(30)17-6-4-5-15(2)11-17/h7-20,23,36H,6H2,1-5H3,(H,34,37)(H,35,38)(H,39,40);6-14,24,30H,5H2,1-4H3,(H,28,32)(H,29,31);4-12,22,30H,3H2,1-2H3,(H,28,32)(H,29,31);4-13,16,28H,1-3H3,(H,26,29)(H,27,30). The zero-order chi connectivity index (χ0) is 107. The third-order valence-electron chi connectivity index (χ3n) is 22.8. The summed E-state index contributed by atoms with van der Waals surface area (Å²) in [5, 5.41) is 56.7. The molecule has 4 unspecified atom stereocenters. The number of hydrogen-bond acceptors (Lipinski definition) is 20. The number of ether oxygens (including phenoxy) is 1. The Labute approximate surface area is 859 Å². The first-order chi connectivity index (χ1) is 68.1. The summed E-state index contributed by atoms with van der Waals surface area (Å²) in [6.45, 7) is 23.1. The molecule has 0 spiro atoms. The molecule has 0 aliphatic carbocycles. The number of carbonyl (C=O) groups excluding carboxylic acids is 8. The summed E-state index contributed by atoms with van der Waals surface area (Å²) in [5.74, 6) is -6.32. The van der Waals surface area contributed by atoms with Crippen LogP contribution >= 0.6 is 46.4 Å². The number of carbonyl (C=O) groups is 8. The van der Waals surface area contributed by atoms with Gasteiger partial charge in [0.05, 0.1) is 85.2 Å². The van der Waals surface area contributed by atoms with Gasteiger partial charge in [0.15, 0.2) is 35.3 Å². The molecule has 0 radical (unpaired) electrons. The molecule has 29 nitrogen and oxygen atoms in total. The number of phenols is 4. The van der Waals surface area contributed by atoms with Crippen molar-refractivity contribution >= 4 is 177 Å². The van der Waals surface area contributed by atoms with E-state index in [4.69, 9.17) is 51.1 Å². The van der Waals surface area contributed by atoms with Gasteiger partial charge in [-0.2, -0.15) is 4.21 Å². The van der Waals surface area contributed by atoms with E-state index >= 15 is 0 Å². The van der Waals surface area contributed by atoms with Crippen molar-refractivity contribution in [1.29, 1.82) is 0 Å². The number of anilines is 8. The molecule has 13 aromatic rings. The lowest BCUT2D eigenvalue weighted by Crippen LogP contribution is -2.43. The van der Waals surface area contributed by atoms with Gasteiger partial charge >= 0.3 is 5.24 Å². The monoisotopic (exact) mass is 2130 g/mol. The first kappa shape index (κ1) is 113. The molecule has 145 heavy (non-hydrogen) atoms. The molecule has 4 atom stereocenters. The lowest BCUT2D eigenvalue weighted by Gasteiger charge is -2.37. The van der Waals surface area contributed by atoms with Crippen molar-refractivity contribution in [1.82, 2.24) is 0 Å². The molecule has 0 aliphatic rings. The maximum Gasteiger partial charge on any atom is 0.338 e. The van der Waals surface area contributed by atoms with Gasteiger partial charge in [0, 0.05) is 64.9 Å². The third kappa shape index (κ3) is 28.8. The Bertz CT molecular complexity index is 7570. The fourth-order valence-electron chi connectivity index (χ4n) is 14.3. The molecule has 0 saturated carbocycles. The normalized spacial score (nSPS) is 12.4. The largest absolute Gasteiger partial charge is 0.506 e. The van der Waals surface area contributed by atoms with Crippen LogP contribution in [-0.4, -0.2) is 123 Å². The first-order valence-electron chi connectivity index (χ1n) is 44.9.